The molecule has 0 spiro atoms. The normalized spacial score (nSPS) is 18.9. The van der Waals surface area contributed by atoms with Crippen LogP contribution in [0.4, 0.5) is 8.78 Å². The Kier molecular flexibility index (Phi) is 4.85. The van der Waals surface area contributed by atoms with E-state index >= 15 is 0 Å². The molecular formula is C21H19ClF2N2O2. The molecule has 3 aromatic rings. The monoisotopic (exact) mass is 404 g/mol. The van der Waals surface area contributed by atoms with E-state index in [-0.39, 0.29) is 6.61 Å². The van der Waals surface area contributed by atoms with Crippen LogP contribution in [-0.4, -0.2) is 23.6 Å². The molecule has 1 aliphatic rings. The number of aromatic amines is 1. The van der Waals surface area contributed by atoms with Gasteiger partial charge in [-0.25, -0.2) is 8.78 Å². The summed E-state index contributed by atoms with van der Waals surface area (Å²) in [6, 6.07) is 6.90. The van der Waals surface area contributed by atoms with Crippen molar-refractivity contribution in [3.05, 3.63) is 69.4 Å². The van der Waals surface area contributed by atoms with E-state index in [1.165, 1.54) is 6.07 Å². The van der Waals surface area contributed by atoms with Crippen LogP contribution < -0.4 is 5.32 Å². The second-order valence-corrected chi connectivity index (χ2v) is 7.37. The Hall–Kier alpha value is -2.44. The zero-order chi connectivity index (χ0) is 20.0. The second-order valence-electron chi connectivity index (χ2n) is 6.96. The van der Waals surface area contributed by atoms with Gasteiger partial charge < -0.3 is 9.72 Å². The zero-order valence-corrected chi connectivity index (χ0v) is 16.2. The highest BCUT2D eigenvalue weighted by molar-refractivity contribution is 6.31. The molecule has 0 saturated heterocycles. The summed E-state index contributed by atoms with van der Waals surface area (Å²) in [4.78, 5) is 15.6. The summed E-state index contributed by atoms with van der Waals surface area (Å²) in [5.41, 5.74) is 3.75. The van der Waals surface area contributed by atoms with E-state index in [2.05, 4.69) is 10.3 Å². The largest absolute Gasteiger partial charge is 0.465 e. The number of carbonyl (C=O) groups is 1. The van der Waals surface area contributed by atoms with E-state index in [0.29, 0.717) is 22.3 Å². The lowest BCUT2D eigenvalue weighted by atomic mass is 9.90. The summed E-state index contributed by atoms with van der Waals surface area (Å²) < 4.78 is 32.8. The number of fused-ring (bicyclic) bond motifs is 3. The Labute approximate surface area is 165 Å². The summed E-state index contributed by atoms with van der Waals surface area (Å²) in [6.45, 7) is 3.93. The van der Waals surface area contributed by atoms with Crippen LogP contribution >= 0.6 is 11.6 Å². The Morgan fingerprint density at radius 3 is 2.71 bits per heavy atom. The molecule has 2 heterocycles. The van der Waals surface area contributed by atoms with Crippen LogP contribution in [0.25, 0.3) is 10.9 Å². The lowest BCUT2D eigenvalue weighted by Crippen LogP contribution is -2.46. The fourth-order valence-electron chi connectivity index (χ4n) is 3.79. The zero-order valence-electron chi connectivity index (χ0n) is 15.4. The summed E-state index contributed by atoms with van der Waals surface area (Å²) in [5, 5.41) is 4.38. The maximum atomic E-state index is 13.9. The number of rotatable bonds is 3. The van der Waals surface area contributed by atoms with Crippen LogP contribution in [0.1, 0.15) is 35.3 Å². The van der Waals surface area contributed by atoms with Crippen molar-refractivity contribution in [2.45, 2.75) is 32.4 Å². The highest BCUT2D eigenvalue weighted by Crippen LogP contribution is 2.38. The van der Waals surface area contributed by atoms with E-state index in [4.69, 9.17) is 16.3 Å². The third-order valence-electron chi connectivity index (χ3n) is 5.08. The number of aromatic nitrogens is 1. The minimum absolute atomic E-state index is 0.257. The highest BCUT2D eigenvalue weighted by Gasteiger charge is 2.35. The number of H-pyrrole nitrogens is 1. The molecule has 2 N–H and O–H groups in total. The first-order valence-electron chi connectivity index (χ1n) is 9.07. The molecule has 4 rings (SSSR count). The van der Waals surface area contributed by atoms with Crippen LogP contribution in [0.3, 0.4) is 0 Å². The maximum absolute atomic E-state index is 13.9. The van der Waals surface area contributed by atoms with Crippen molar-refractivity contribution in [2.24, 2.45) is 0 Å². The van der Waals surface area contributed by atoms with Crippen LogP contribution in [0.5, 0.6) is 0 Å². The fraction of sp³-hybridized carbons (Fsp3) is 0.286. The van der Waals surface area contributed by atoms with E-state index in [1.54, 1.807) is 6.92 Å². The van der Waals surface area contributed by atoms with Crippen LogP contribution in [-0.2, 0) is 16.0 Å². The molecule has 0 aliphatic carbocycles. The number of nitrogens with one attached hydrogen (secondary N) is 2. The van der Waals surface area contributed by atoms with Crippen molar-refractivity contribution < 1.29 is 18.3 Å². The lowest BCUT2D eigenvalue weighted by Gasteiger charge is -2.31. The number of benzene rings is 2. The first-order chi connectivity index (χ1) is 13.4. The second kappa shape index (κ2) is 7.18. The van der Waals surface area contributed by atoms with Gasteiger partial charge in [0, 0.05) is 34.1 Å². The van der Waals surface area contributed by atoms with Crippen LogP contribution in [0, 0.1) is 18.6 Å². The van der Waals surface area contributed by atoms with Gasteiger partial charge in [0.05, 0.1) is 12.6 Å². The summed E-state index contributed by atoms with van der Waals surface area (Å²) in [5.74, 6) is -2.24. The molecule has 2 atom stereocenters. The molecule has 2 unspecified atom stereocenters. The number of carbonyl (C=O) groups excluding carboxylic acids is 1. The van der Waals surface area contributed by atoms with Gasteiger partial charge in [-0.3, -0.25) is 10.1 Å². The van der Waals surface area contributed by atoms with Crippen molar-refractivity contribution in [3.8, 4) is 0 Å². The molecule has 0 fully saturated rings. The molecule has 1 aliphatic heterocycles. The molecule has 28 heavy (non-hydrogen) atoms. The van der Waals surface area contributed by atoms with Gasteiger partial charge in [-0.1, -0.05) is 23.7 Å². The quantitative estimate of drug-likeness (QED) is 0.628. The van der Waals surface area contributed by atoms with Gasteiger partial charge in [0.2, 0.25) is 0 Å². The maximum Gasteiger partial charge on any atom is 0.323 e. The van der Waals surface area contributed by atoms with Gasteiger partial charge >= 0.3 is 5.97 Å². The lowest BCUT2D eigenvalue weighted by molar-refractivity contribution is -0.146. The van der Waals surface area contributed by atoms with Gasteiger partial charge in [-0.15, -0.1) is 0 Å². The number of hydrogen-bond donors (Lipinski definition) is 2. The van der Waals surface area contributed by atoms with E-state index in [0.717, 1.165) is 28.5 Å². The molecule has 0 bridgehead atoms. The Morgan fingerprint density at radius 1 is 1.25 bits per heavy atom. The molecular weight excluding hydrogens is 386 g/mol. The Morgan fingerprint density at radius 2 is 2.00 bits per heavy atom. The van der Waals surface area contributed by atoms with Gasteiger partial charge in [-0.2, -0.15) is 0 Å². The SMILES string of the molecule is CCOC(=O)C1Cc2c([nH]c3cc(F)c(F)cc23)C(c2ccc(C)cc2Cl)N1. The molecule has 1 aromatic heterocycles. The Balaban J connectivity index is 1.89. The standard InChI is InChI=1S/C21H19ClF2N2O2/c1-3-28-21(27)18-8-13-12-7-15(23)16(24)9-17(12)25-20(13)19(26-18)11-5-4-10(2)6-14(11)22/h4-7,9,18-19,25-26H,3,8H2,1-2H3. The third-order valence-corrected chi connectivity index (χ3v) is 5.41. The molecule has 0 radical (unpaired) electrons. The van der Waals surface area contributed by atoms with Gasteiger partial charge in [0.25, 0.3) is 0 Å². The molecule has 0 amide bonds. The first kappa shape index (κ1) is 18.9. The molecule has 4 nitrogen and oxygen atoms in total. The fourth-order valence-corrected chi connectivity index (χ4v) is 4.13. The van der Waals surface area contributed by atoms with Crippen molar-refractivity contribution in [1.82, 2.24) is 10.3 Å². The van der Waals surface area contributed by atoms with Crippen molar-refractivity contribution >= 4 is 28.5 Å². The molecule has 0 saturated carbocycles. The van der Waals surface area contributed by atoms with Crippen molar-refractivity contribution in [3.63, 3.8) is 0 Å². The average Bonchev–Trinajstić information content (AvgIpc) is 2.99. The first-order valence-corrected chi connectivity index (χ1v) is 9.45. The van der Waals surface area contributed by atoms with Crippen LogP contribution in [0.2, 0.25) is 5.02 Å². The number of ether oxygens (including phenoxy) is 1. The summed E-state index contributed by atoms with van der Waals surface area (Å²) in [6.07, 6.45) is 0.305. The van der Waals surface area contributed by atoms with E-state index in [1.807, 2.05) is 25.1 Å². The van der Waals surface area contributed by atoms with Gasteiger partial charge in [0.1, 0.15) is 6.04 Å². The number of halogens is 3. The number of esters is 1. The third kappa shape index (κ3) is 3.16. The van der Waals surface area contributed by atoms with Gasteiger partial charge in [0.15, 0.2) is 11.6 Å². The number of hydrogen-bond acceptors (Lipinski definition) is 3. The van der Waals surface area contributed by atoms with Gasteiger partial charge in [-0.05, 0) is 42.7 Å². The predicted octanol–water partition coefficient (Wildman–Crippen LogP) is 4.57. The molecule has 2 aromatic carbocycles. The molecule has 146 valence electrons. The average molecular weight is 405 g/mol. The summed E-state index contributed by atoms with van der Waals surface area (Å²) >= 11 is 6.48. The minimum atomic E-state index is -0.926. The smallest absolute Gasteiger partial charge is 0.323 e. The van der Waals surface area contributed by atoms with E-state index in [9.17, 15) is 13.6 Å². The predicted molar refractivity (Wildman–Crippen MR) is 104 cm³/mol. The minimum Gasteiger partial charge on any atom is -0.465 e. The number of aryl methyl sites for hydroxylation is 1. The summed E-state index contributed by atoms with van der Waals surface area (Å²) in [7, 11) is 0. The van der Waals surface area contributed by atoms with Crippen LogP contribution in [0.15, 0.2) is 30.3 Å². The molecule has 7 heteroatoms. The topological polar surface area (TPSA) is 54.1 Å². The van der Waals surface area contributed by atoms with E-state index < -0.39 is 29.7 Å². The van der Waals surface area contributed by atoms with Crippen molar-refractivity contribution in [1.29, 1.82) is 0 Å². The Bertz CT molecular complexity index is 1080. The van der Waals surface area contributed by atoms with Crippen molar-refractivity contribution in [2.75, 3.05) is 6.61 Å². The highest BCUT2D eigenvalue weighted by atomic mass is 35.5.